The zero-order valence-corrected chi connectivity index (χ0v) is 16.4. The van der Waals surface area contributed by atoms with E-state index in [9.17, 15) is 5.26 Å². The van der Waals surface area contributed by atoms with E-state index in [4.69, 9.17) is 10.5 Å². The maximum Gasteiger partial charge on any atom is 0.142 e. The Balaban J connectivity index is 2.14. The number of nitrogens with two attached hydrogens (primary N) is 1. The highest BCUT2D eigenvalue weighted by Gasteiger charge is 2.21. The highest BCUT2D eigenvalue weighted by atomic mass is 16.5. The molecule has 0 aliphatic carbocycles. The Morgan fingerprint density at radius 3 is 2.31 bits per heavy atom. The molecule has 0 aliphatic heterocycles. The largest absolute Gasteiger partial charge is 0.493 e. The van der Waals surface area contributed by atoms with Crippen molar-refractivity contribution in [3.63, 3.8) is 0 Å². The maximum absolute atomic E-state index is 9.94. The van der Waals surface area contributed by atoms with Crippen molar-refractivity contribution in [2.24, 2.45) is 0 Å². The highest BCUT2D eigenvalue weighted by Crippen LogP contribution is 2.43. The number of hydrogen-bond donors (Lipinski definition) is 1. The minimum atomic E-state index is 0.248. The van der Waals surface area contributed by atoms with Gasteiger partial charge in [0.2, 0.25) is 0 Å². The molecule has 2 N–H and O–H groups in total. The summed E-state index contributed by atoms with van der Waals surface area (Å²) < 4.78 is 5.83. The number of pyridine rings is 1. The van der Waals surface area contributed by atoms with Crippen molar-refractivity contribution in [3.05, 3.63) is 78.0 Å². The topological polar surface area (TPSA) is 71.9 Å². The molecule has 142 valence electrons. The van der Waals surface area contributed by atoms with Gasteiger partial charge in [0, 0.05) is 22.2 Å². The van der Waals surface area contributed by atoms with Crippen LogP contribution in [-0.2, 0) is 0 Å². The number of rotatable bonds is 4. The monoisotopic (exact) mass is 379 g/mol. The van der Waals surface area contributed by atoms with Gasteiger partial charge in [-0.2, -0.15) is 5.26 Å². The SMILES string of the molecule is CCOc1ccc(-c2c(C#N)c(N)nc(C)c2-c2ccccc2)c2ccccc12. The van der Waals surface area contributed by atoms with E-state index in [1.165, 1.54) is 0 Å². The minimum Gasteiger partial charge on any atom is -0.493 e. The van der Waals surface area contributed by atoms with Gasteiger partial charge in [-0.15, -0.1) is 0 Å². The van der Waals surface area contributed by atoms with Crippen molar-refractivity contribution in [1.82, 2.24) is 4.98 Å². The number of nitrogen functional groups attached to an aromatic ring is 1. The lowest BCUT2D eigenvalue weighted by molar-refractivity contribution is 0.344. The van der Waals surface area contributed by atoms with Crippen LogP contribution in [0.3, 0.4) is 0 Å². The van der Waals surface area contributed by atoms with Crippen LogP contribution in [0.25, 0.3) is 33.0 Å². The van der Waals surface area contributed by atoms with Crippen LogP contribution in [-0.4, -0.2) is 11.6 Å². The second-order valence-electron chi connectivity index (χ2n) is 6.78. The molecule has 29 heavy (non-hydrogen) atoms. The second kappa shape index (κ2) is 7.65. The summed E-state index contributed by atoms with van der Waals surface area (Å²) in [7, 11) is 0. The first-order valence-corrected chi connectivity index (χ1v) is 9.56. The lowest BCUT2D eigenvalue weighted by atomic mass is 9.87. The van der Waals surface area contributed by atoms with Gasteiger partial charge in [-0.3, -0.25) is 0 Å². The van der Waals surface area contributed by atoms with Gasteiger partial charge in [-0.25, -0.2) is 4.98 Å². The third-order valence-electron chi connectivity index (χ3n) is 5.03. The van der Waals surface area contributed by atoms with Crippen molar-refractivity contribution in [3.8, 4) is 34.1 Å². The van der Waals surface area contributed by atoms with E-state index in [0.717, 1.165) is 44.5 Å². The fraction of sp³-hybridized carbons (Fsp3) is 0.120. The lowest BCUT2D eigenvalue weighted by Gasteiger charge is -2.19. The zero-order chi connectivity index (χ0) is 20.4. The average Bonchev–Trinajstić information content (AvgIpc) is 2.74. The van der Waals surface area contributed by atoms with Crippen molar-refractivity contribution in [2.45, 2.75) is 13.8 Å². The Labute approximate surface area is 170 Å². The van der Waals surface area contributed by atoms with Crippen LogP contribution < -0.4 is 10.5 Å². The number of ether oxygens (including phenoxy) is 1. The van der Waals surface area contributed by atoms with E-state index in [-0.39, 0.29) is 5.82 Å². The first-order valence-electron chi connectivity index (χ1n) is 9.56. The zero-order valence-electron chi connectivity index (χ0n) is 16.4. The molecule has 0 saturated heterocycles. The van der Waals surface area contributed by atoms with E-state index >= 15 is 0 Å². The summed E-state index contributed by atoms with van der Waals surface area (Å²) >= 11 is 0. The second-order valence-corrected chi connectivity index (χ2v) is 6.78. The smallest absolute Gasteiger partial charge is 0.142 e. The Kier molecular flexibility index (Phi) is 4.88. The predicted molar refractivity (Wildman–Crippen MR) is 118 cm³/mol. The molecule has 4 rings (SSSR count). The number of fused-ring (bicyclic) bond motifs is 1. The number of anilines is 1. The fourth-order valence-corrected chi connectivity index (χ4v) is 3.84. The molecule has 4 nitrogen and oxygen atoms in total. The molecule has 1 heterocycles. The molecule has 0 amide bonds. The summed E-state index contributed by atoms with van der Waals surface area (Å²) in [6, 6.07) is 24.3. The van der Waals surface area contributed by atoms with Crippen LogP contribution in [0.4, 0.5) is 5.82 Å². The number of hydrogen-bond acceptors (Lipinski definition) is 4. The van der Waals surface area contributed by atoms with Gasteiger partial charge in [0.15, 0.2) is 0 Å². The quantitative estimate of drug-likeness (QED) is 0.491. The lowest BCUT2D eigenvalue weighted by Crippen LogP contribution is -2.03. The summed E-state index contributed by atoms with van der Waals surface area (Å²) in [4.78, 5) is 4.46. The highest BCUT2D eigenvalue weighted by molar-refractivity contribution is 6.05. The Morgan fingerprint density at radius 2 is 1.62 bits per heavy atom. The number of benzene rings is 3. The van der Waals surface area contributed by atoms with Gasteiger partial charge in [-0.05, 0) is 42.5 Å². The molecule has 0 saturated carbocycles. The molecule has 0 atom stereocenters. The van der Waals surface area contributed by atoms with E-state index in [1.807, 2.05) is 74.5 Å². The summed E-state index contributed by atoms with van der Waals surface area (Å²) in [6.07, 6.45) is 0. The number of nitriles is 1. The molecule has 0 fully saturated rings. The van der Waals surface area contributed by atoms with E-state index in [0.29, 0.717) is 12.2 Å². The fourth-order valence-electron chi connectivity index (χ4n) is 3.84. The summed E-state index contributed by atoms with van der Waals surface area (Å²) in [5, 5.41) is 12.0. The predicted octanol–water partition coefficient (Wildman–Crippen LogP) is 5.73. The number of aryl methyl sites for hydroxylation is 1. The third-order valence-corrected chi connectivity index (χ3v) is 5.03. The molecular weight excluding hydrogens is 358 g/mol. The summed E-state index contributed by atoms with van der Waals surface area (Å²) in [6.45, 7) is 4.49. The molecule has 0 unspecified atom stereocenters. The van der Waals surface area contributed by atoms with Crippen molar-refractivity contribution in [2.75, 3.05) is 12.3 Å². The van der Waals surface area contributed by atoms with E-state index in [2.05, 4.69) is 17.1 Å². The minimum absolute atomic E-state index is 0.248. The summed E-state index contributed by atoms with van der Waals surface area (Å²) in [5.41, 5.74) is 11.0. The van der Waals surface area contributed by atoms with Crippen molar-refractivity contribution >= 4 is 16.6 Å². The molecule has 0 aliphatic rings. The van der Waals surface area contributed by atoms with E-state index in [1.54, 1.807) is 0 Å². The molecular formula is C25H21N3O. The Hall–Kier alpha value is -3.84. The van der Waals surface area contributed by atoms with Gasteiger partial charge in [0.1, 0.15) is 23.2 Å². The van der Waals surface area contributed by atoms with Crippen molar-refractivity contribution in [1.29, 1.82) is 5.26 Å². The Bertz CT molecular complexity index is 1240. The number of aromatic nitrogens is 1. The molecule has 4 aromatic rings. The van der Waals surface area contributed by atoms with Crippen LogP contribution in [0.1, 0.15) is 18.2 Å². The number of nitrogens with zero attached hydrogens (tertiary/aromatic N) is 2. The maximum atomic E-state index is 9.94. The van der Waals surface area contributed by atoms with Crippen LogP contribution in [0, 0.1) is 18.3 Å². The Morgan fingerprint density at radius 1 is 0.931 bits per heavy atom. The third kappa shape index (κ3) is 3.17. The van der Waals surface area contributed by atoms with Gasteiger partial charge in [0.25, 0.3) is 0 Å². The van der Waals surface area contributed by atoms with Crippen LogP contribution in [0.15, 0.2) is 66.7 Å². The average molecular weight is 379 g/mol. The molecule has 1 aromatic heterocycles. The van der Waals surface area contributed by atoms with Crippen LogP contribution >= 0.6 is 0 Å². The molecule has 4 heteroatoms. The van der Waals surface area contributed by atoms with Crippen LogP contribution in [0.2, 0.25) is 0 Å². The molecule has 0 bridgehead atoms. The molecule has 0 spiro atoms. The standard InChI is InChI=1S/C25H21N3O/c1-3-29-22-14-13-20(18-11-7-8-12-19(18)22)24-21(15-26)25(27)28-16(2)23(24)17-9-5-4-6-10-17/h4-14H,3H2,1-2H3,(H2,27,28). The van der Waals surface area contributed by atoms with Gasteiger partial charge in [0.05, 0.1) is 6.61 Å². The molecule has 0 radical (unpaired) electrons. The van der Waals surface area contributed by atoms with Crippen molar-refractivity contribution < 1.29 is 4.74 Å². The normalized spacial score (nSPS) is 10.7. The molecule has 3 aromatic carbocycles. The first kappa shape index (κ1) is 18.5. The van der Waals surface area contributed by atoms with Gasteiger partial charge < -0.3 is 10.5 Å². The van der Waals surface area contributed by atoms with E-state index < -0.39 is 0 Å². The van der Waals surface area contributed by atoms with Crippen LogP contribution in [0.5, 0.6) is 5.75 Å². The van der Waals surface area contributed by atoms with Gasteiger partial charge in [-0.1, -0.05) is 54.6 Å². The first-order chi connectivity index (χ1) is 14.2. The van der Waals surface area contributed by atoms with Gasteiger partial charge >= 0.3 is 0 Å². The summed E-state index contributed by atoms with van der Waals surface area (Å²) in [5.74, 6) is 1.07.